The van der Waals surface area contributed by atoms with Gasteiger partial charge in [0.15, 0.2) is 5.78 Å². The van der Waals surface area contributed by atoms with Gasteiger partial charge in [0.1, 0.15) is 6.10 Å². The van der Waals surface area contributed by atoms with Crippen molar-refractivity contribution >= 4 is 5.78 Å². The molecular formula is C14H18O2. The van der Waals surface area contributed by atoms with Gasteiger partial charge in [-0.3, -0.25) is 4.79 Å². The molecule has 0 heterocycles. The Morgan fingerprint density at radius 2 is 2.00 bits per heavy atom. The topological polar surface area (TPSA) is 37.3 Å². The Kier molecular flexibility index (Phi) is 3.73. The molecule has 1 fully saturated rings. The van der Waals surface area contributed by atoms with Crippen LogP contribution < -0.4 is 0 Å². The highest BCUT2D eigenvalue weighted by molar-refractivity contribution is 5.83. The van der Waals surface area contributed by atoms with Crippen molar-refractivity contribution in [1.29, 1.82) is 0 Å². The van der Waals surface area contributed by atoms with Crippen molar-refractivity contribution in [2.45, 2.75) is 38.2 Å². The fraction of sp³-hybridized carbons (Fsp3) is 0.500. The summed E-state index contributed by atoms with van der Waals surface area (Å²) in [4.78, 5) is 11.6. The Balaban J connectivity index is 1.69. The van der Waals surface area contributed by atoms with Crippen LogP contribution in [-0.2, 0) is 11.2 Å². The number of ketones is 1. The van der Waals surface area contributed by atoms with Crippen LogP contribution in [0.4, 0.5) is 0 Å². The van der Waals surface area contributed by atoms with E-state index in [0.717, 1.165) is 25.7 Å². The summed E-state index contributed by atoms with van der Waals surface area (Å²) in [6.45, 7) is 0. The summed E-state index contributed by atoms with van der Waals surface area (Å²) in [7, 11) is 0. The Morgan fingerprint density at radius 3 is 2.62 bits per heavy atom. The summed E-state index contributed by atoms with van der Waals surface area (Å²) in [5.74, 6) is 0.294. The van der Waals surface area contributed by atoms with Crippen LogP contribution in [-0.4, -0.2) is 17.0 Å². The number of Topliss-reactive ketones (excluding diaryl/α,β-unsaturated/α-hetero) is 1. The molecule has 1 aliphatic carbocycles. The van der Waals surface area contributed by atoms with E-state index >= 15 is 0 Å². The second kappa shape index (κ2) is 5.26. The fourth-order valence-corrected chi connectivity index (χ4v) is 1.93. The van der Waals surface area contributed by atoms with Crippen LogP contribution in [0.25, 0.3) is 0 Å². The standard InChI is InChI=1S/C14H18O2/c15-13(14(16)12-9-10-12)8-4-7-11-5-2-1-3-6-11/h1-3,5-6,12,14,16H,4,7-10H2. The first kappa shape index (κ1) is 11.3. The highest BCUT2D eigenvalue weighted by Crippen LogP contribution is 2.33. The number of aliphatic hydroxyl groups is 1. The summed E-state index contributed by atoms with van der Waals surface area (Å²) >= 11 is 0. The average molecular weight is 218 g/mol. The second-order valence-corrected chi connectivity index (χ2v) is 4.59. The number of hydrogen-bond acceptors (Lipinski definition) is 2. The van der Waals surface area contributed by atoms with E-state index in [-0.39, 0.29) is 11.7 Å². The Labute approximate surface area is 96.3 Å². The maximum atomic E-state index is 11.6. The minimum atomic E-state index is -0.684. The molecule has 0 aliphatic heterocycles. The normalized spacial score (nSPS) is 17.1. The van der Waals surface area contributed by atoms with E-state index < -0.39 is 6.10 Å². The quantitative estimate of drug-likeness (QED) is 0.795. The molecule has 1 unspecified atom stereocenters. The summed E-state index contributed by atoms with van der Waals surface area (Å²) in [5.41, 5.74) is 1.26. The van der Waals surface area contributed by atoms with Crippen LogP contribution in [0.5, 0.6) is 0 Å². The van der Waals surface area contributed by atoms with Gasteiger partial charge in [-0.05, 0) is 37.2 Å². The number of hydrogen-bond donors (Lipinski definition) is 1. The summed E-state index contributed by atoms with van der Waals surface area (Å²) in [6.07, 6.45) is 3.62. The van der Waals surface area contributed by atoms with E-state index in [2.05, 4.69) is 12.1 Å². The maximum Gasteiger partial charge on any atom is 0.161 e. The van der Waals surface area contributed by atoms with Crippen LogP contribution in [0, 0.1) is 5.92 Å². The minimum Gasteiger partial charge on any atom is -0.385 e. The third-order valence-corrected chi connectivity index (χ3v) is 3.13. The van der Waals surface area contributed by atoms with Crippen molar-refractivity contribution in [3.63, 3.8) is 0 Å². The molecule has 86 valence electrons. The smallest absolute Gasteiger partial charge is 0.161 e. The molecule has 1 aromatic carbocycles. The van der Waals surface area contributed by atoms with E-state index in [1.807, 2.05) is 18.2 Å². The fourth-order valence-electron chi connectivity index (χ4n) is 1.93. The molecule has 1 N–H and O–H groups in total. The van der Waals surface area contributed by atoms with Gasteiger partial charge in [-0.2, -0.15) is 0 Å². The van der Waals surface area contributed by atoms with Gasteiger partial charge in [0.05, 0.1) is 0 Å². The molecule has 0 bridgehead atoms. The van der Waals surface area contributed by atoms with Crippen molar-refractivity contribution in [3.8, 4) is 0 Å². The van der Waals surface area contributed by atoms with Crippen molar-refractivity contribution in [2.75, 3.05) is 0 Å². The van der Waals surface area contributed by atoms with Gasteiger partial charge in [0.2, 0.25) is 0 Å². The lowest BCUT2D eigenvalue weighted by Crippen LogP contribution is -2.22. The molecule has 1 saturated carbocycles. The summed E-state index contributed by atoms with van der Waals surface area (Å²) < 4.78 is 0. The largest absolute Gasteiger partial charge is 0.385 e. The van der Waals surface area contributed by atoms with Crippen LogP contribution >= 0.6 is 0 Å². The number of carbonyl (C=O) groups excluding carboxylic acids is 1. The Morgan fingerprint density at radius 1 is 1.31 bits per heavy atom. The van der Waals surface area contributed by atoms with Gasteiger partial charge in [-0.1, -0.05) is 30.3 Å². The Bertz CT molecular complexity index is 341. The van der Waals surface area contributed by atoms with Crippen LogP contribution in [0.2, 0.25) is 0 Å². The van der Waals surface area contributed by atoms with Gasteiger partial charge in [-0.25, -0.2) is 0 Å². The summed E-state index contributed by atoms with van der Waals surface area (Å²) in [6, 6.07) is 10.2. The molecule has 1 atom stereocenters. The zero-order valence-electron chi connectivity index (χ0n) is 9.43. The van der Waals surface area contributed by atoms with E-state index in [9.17, 15) is 9.90 Å². The minimum absolute atomic E-state index is 0.0263. The van der Waals surface area contributed by atoms with E-state index in [1.165, 1.54) is 5.56 Å². The number of aliphatic hydroxyl groups excluding tert-OH is 1. The zero-order valence-corrected chi connectivity index (χ0v) is 9.43. The molecule has 16 heavy (non-hydrogen) atoms. The molecule has 1 aromatic rings. The van der Waals surface area contributed by atoms with Gasteiger partial charge in [0.25, 0.3) is 0 Å². The average Bonchev–Trinajstić information content (AvgIpc) is 3.13. The van der Waals surface area contributed by atoms with Crippen molar-refractivity contribution in [2.24, 2.45) is 5.92 Å². The maximum absolute atomic E-state index is 11.6. The first-order chi connectivity index (χ1) is 7.77. The highest BCUT2D eigenvalue weighted by atomic mass is 16.3. The highest BCUT2D eigenvalue weighted by Gasteiger charge is 2.33. The first-order valence-electron chi connectivity index (χ1n) is 6.02. The molecule has 0 aromatic heterocycles. The van der Waals surface area contributed by atoms with Gasteiger partial charge >= 0.3 is 0 Å². The van der Waals surface area contributed by atoms with Crippen LogP contribution in [0.15, 0.2) is 30.3 Å². The van der Waals surface area contributed by atoms with Crippen LogP contribution in [0.3, 0.4) is 0 Å². The summed E-state index contributed by atoms with van der Waals surface area (Å²) in [5, 5.41) is 9.61. The second-order valence-electron chi connectivity index (χ2n) is 4.59. The Hall–Kier alpha value is -1.15. The molecule has 0 amide bonds. The molecule has 0 spiro atoms. The van der Waals surface area contributed by atoms with E-state index in [4.69, 9.17) is 0 Å². The predicted octanol–water partition coefficient (Wildman–Crippen LogP) is 2.35. The zero-order chi connectivity index (χ0) is 11.4. The third kappa shape index (κ3) is 3.17. The van der Waals surface area contributed by atoms with Crippen molar-refractivity contribution < 1.29 is 9.90 Å². The monoisotopic (exact) mass is 218 g/mol. The number of rotatable bonds is 6. The SMILES string of the molecule is O=C(CCCc1ccccc1)C(O)C1CC1. The lowest BCUT2D eigenvalue weighted by atomic mass is 10.0. The molecule has 2 heteroatoms. The third-order valence-electron chi connectivity index (χ3n) is 3.13. The van der Waals surface area contributed by atoms with Gasteiger partial charge < -0.3 is 5.11 Å². The first-order valence-corrected chi connectivity index (χ1v) is 6.02. The predicted molar refractivity (Wildman–Crippen MR) is 63.1 cm³/mol. The van der Waals surface area contributed by atoms with Gasteiger partial charge in [0, 0.05) is 6.42 Å². The molecule has 1 aliphatic rings. The van der Waals surface area contributed by atoms with Crippen molar-refractivity contribution in [1.82, 2.24) is 0 Å². The number of aryl methyl sites for hydroxylation is 1. The van der Waals surface area contributed by atoms with Crippen LogP contribution in [0.1, 0.15) is 31.2 Å². The van der Waals surface area contributed by atoms with Crippen molar-refractivity contribution in [3.05, 3.63) is 35.9 Å². The van der Waals surface area contributed by atoms with E-state index in [0.29, 0.717) is 6.42 Å². The van der Waals surface area contributed by atoms with E-state index in [1.54, 1.807) is 0 Å². The molecule has 2 rings (SSSR count). The number of benzene rings is 1. The molecular weight excluding hydrogens is 200 g/mol. The number of carbonyl (C=O) groups is 1. The lowest BCUT2D eigenvalue weighted by Gasteiger charge is -2.07. The molecule has 2 nitrogen and oxygen atoms in total. The van der Waals surface area contributed by atoms with Gasteiger partial charge in [-0.15, -0.1) is 0 Å². The molecule has 0 radical (unpaired) electrons. The lowest BCUT2D eigenvalue weighted by molar-refractivity contribution is -0.128. The molecule has 0 saturated heterocycles.